The molecule has 84 valence electrons. The fourth-order valence-electron chi connectivity index (χ4n) is 1.44. The van der Waals surface area contributed by atoms with E-state index in [-0.39, 0.29) is 6.61 Å². The van der Waals surface area contributed by atoms with Gasteiger partial charge in [0.2, 0.25) is 0 Å². The highest BCUT2D eigenvalue weighted by molar-refractivity contribution is 5.42. The number of rotatable bonds is 4. The molecule has 0 fully saturated rings. The van der Waals surface area contributed by atoms with Crippen LogP contribution in [-0.4, -0.2) is 10.1 Å². The monoisotopic (exact) mass is 218 g/mol. The van der Waals surface area contributed by atoms with Gasteiger partial charge >= 0.3 is 0 Å². The Kier molecular flexibility index (Phi) is 3.22. The minimum atomic E-state index is -0.0669. The van der Waals surface area contributed by atoms with E-state index in [1.807, 2.05) is 25.1 Å². The van der Waals surface area contributed by atoms with Crippen LogP contribution in [0.15, 0.2) is 34.9 Å². The Balaban J connectivity index is 1.99. The molecule has 0 atom stereocenters. The number of furan rings is 1. The number of nitrogens with zero attached hydrogens (tertiary/aromatic N) is 1. The first-order valence-corrected chi connectivity index (χ1v) is 5.13. The molecule has 16 heavy (non-hydrogen) atoms. The van der Waals surface area contributed by atoms with Gasteiger partial charge in [-0.25, -0.2) is 4.98 Å². The minimum absolute atomic E-state index is 0.0669. The summed E-state index contributed by atoms with van der Waals surface area (Å²) in [5, 5.41) is 12.0. The number of pyridine rings is 1. The van der Waals surface area contributed by atoms with E-state index in [1.54, 1.807) is 12.3 Å². The van der Waals surface area contributed by atoms with Crippen molar-refractivity contribution >= 4 is 5.82 Å². The summed E-state index contributed by atoms with van der Waals surface area (Å²) < 4.78 is 5.35. The van der Waals surface area contributed by atoms with Gasteiger partial charge in [-0.05, 0) is 30.7 Å². The van der Waals surface area contributed by atoms with Crippen molar-refractivity contribution in [1.29, 1.82) is 0 Å². The molecule has 2 aromatic heterocycles. The molecule has 2 heterocycles. The second-order valence-electron chi connectivity index (χ2n) is 3.55. The lowest BCUT2D eigenvalue weighted by Crippen LogP contribution is -2.01. The highest BCUT2D eigenvalue weighted by Gasteiger charge is 2.02. The molecule has 0 aromatic carbocycles. The standard InChI is InChI=1S/C12H14N2O2/c1-9-3-2-6-13-12(9)14-7-10-4-5-11(8-15)16-10/h2-6,15H,7-8H2,1H3,(H,13,14). The summed E-state index contributed by atoms with van der Waals surface area (Å²) in [6.07, 6.45) is 1.75. The fourth-order valence-corrected chi connectivity index (χ4v) is 1.44. The molecular formula is C12H14N2O2. The lowest BCUT2D eigenvalue weighted by atomic mass is 10.3. The molecule has 0 aliphatic carbocycles. The van der Waals surface area contributed by atoms with E-state index in [2.05, 4.69) is 10.3 Å². The Bertz CT molecular complexity index is 466. The molecule has 0 amide bonds. The van der Waals surface area contributed by atoms with E-state index in [9.17, 15) is 0 Å². The van der Waals surface area contributed by atoms with Crippen molar-refractivity contribution in [3.63, 3.8) is 0 Å². The summed E-state index contributed by atoms with van der Waals surface area (Å²) in [6, 6.07) is 7.51. The molecule has 4 nitrogen and oxygen atoms in total. The molecule has 0 saturated heterocycles. The molecule has 0 unspecified atom stereocenters. The highest BCUT2D eigenvalue weighted by Crippen LogP contribution is 2.13. The smallest absolute Gasteiger partial charge is 0.129 e. The van der Waals surface area contributed by atoms with Gasteiger partial charge in [-0.3, -0.25) is 0 Å². The molecule has 0 saturated carbocycles. The number of hydrogen-bond acceptors (Lipinski definition) is 4. The zero-order chi connectivity index (χ0) is 11.4. The summed E-state index contributed by atoms with van der Waals surface area (Å²) in [7, 11) is 0. The van der Waals surface area contributed by atoms with E-state index in [4.69, 9.17) is 9.52 Å². The molecule has 0 aliphatic rings. The van der Waals surface area contributed by atoms with Gasteiger partial charge in [-0.2, -0.15) is 0 Å². The predicted octanol–water partition coefficient (Wildman–Crippen LogP) is 2.09. The van der Waals surface area contributed by atoms with Crippen molar-refractivity contribution < 1.29 is 9.52 Å². The summed E-state index contributed by atoms with van der Waals surface area (Å²) >= 11 is 0. The Morgan fingerprint density at radius 2 is 2.12 bits per heavy atom. The molecule has 2 N–H and O–H groups in total. The van der Waals surface area contributed by atoms with E-state index in [0.29, 0.717) is 12.3 Å². The molecule has 0 bridgehead atoms. The van der Waals surface area contributed by atoms with Gasteiger partial charge in [0.05, 0.1) is 6.54 Å². The van der Waals surface area contributed by atoms with Crippen LogP contribution in [-0.2, 0) is 13.2 Å². The van der Waals surface area contributed by atoms with Gasteiger partial charge in [0.25, 0.3) is 0 Å². The van der Waals surface area contributed by atoms with E-state index in [1.165, 1.54) is 0 Å². The van der Waals surface area contributed by atoms with Gasteiger partial charge in [0.15, 0.2) is 0 Å². The number of anilines is 1. The number of hydrogen-bond donors (Lipinski definition) is 2. The second kappa shape index (κ2) is 4.81. The lowest BCUT2D eigenvalue weighted by Gasteiger charge is -2.05. The summed E-state index contributed by atoms with van der Waals surface area (Å²) in [6.45, 7) is 2.50. The number of aliphatic hydroxyl groups is 1. The van der Waals surface area contributed by atoms with Crippen LogP contribution >= 0.6 is 0 Å². The van der Waals surface area contributed by atoms with E-state index < -0.39 is 0 Å². The topological polar surface area (TPSA) is 58.3 Å². The van der Waals surface area contributed by atoms with Crippen LogP contribution < -0.4 is 5.32 Å². The average Bonchev–Trinajstić information content (AvgIpc) is 2.76. The van der Waals surface area contributed by atoms with Gasteiger partial charge in [0, 0.05) is 6.20 Å². The molecule has 0 radical (unpaired) electrons. The van der Waals surface area contributed by atoms with Crippen molar-refractivity contribution in [3.05, 3.63) is 47.5 Å². The maximum atomic E-state index is 8.85. The maximum absolute atomic E-state index is 8.85. The first kappa shape index (κ1) is 10.7. The quantitative estimate of drug-likeness (QED) is 0.825. The van der Waals surface area contributed by atoms with Gasteiger partial charge < -0.3 is 14.8 Å². The number of aliphatic hydroxyl groups excluding tert-OH is 1. The minimum Gasteiger partial charge on any atom is -0.462 e. The summed E-state index contributed by atoms with van der Waals surface area (Å²) in [4.78, 5) is 4.22. The number of aromatic nitrogens is 1. The van der Waals surface area contributed by atoms with E-state index >= 15 is 0 Å². The van der Waals surface area contributed by atoms with Crippen LogP contribution in [0.2, 0.25) is 0 Å². The predicted molar refractivity (Wildman–Crippen MR) is 60.9 cm³/mol. The number of aryl methyl sites for hydroxylation is 1. The van der Waals surface area contributed by atoms with Crippen LogP contribution in [0.3, 0.4) is 0 Å². The Labute approximate surface area is 93.9 Å². The molecular weight excluding hydrogens is 204 g/mol. The Morgan fingerprint density at radius 1 is 1.31 bits per heavy atom. The molecule has 0 aliphatic heterocycles. The molecule has 2 rings (SSSR count). The molecule has 0 spiro atoms. The van der Waals surface area contributed by atoms with Crippen molar-refractivity contribution in [2.24, 2.45) is 0 Å². The zero-order valence-corrected chi connectivity index (χ0v) is 9.10. The SMILES string of the molecule is Cc1cccnc1NCc1ccc(CO)o1. The van der Waals surface area contributed by atoms with Crippen LogP contribution in [0.1, 0.15) is 17.1 Å². The van der Waals surface area contributed by atoms with Crippen molar-refractivity contribution in [2.75, 3.05) is 5.32 Å². The van der Waals surface area contributed by atoms with Crippen LogP contribution in [0.4, 0.5) is 5.82 Å². The van der Waals surface area contributed by atoms with Gasteiger partial charge in [0.1, 0.15) is 23.9 Å². The molecule has 2 aromatic rings. The zero-order valence-electron chi connectivity index (χ0n) is 9.10. The number of nitrogens with one attached hydrogen (secondary N) is 1. The van der Waals surface area contributed by atoms with Crippen LogP contribution in [0.5, 0.6) is 0 Å². The third-order valence-electron chi connectivity index (χ3n) is 2.31. The third kappa shape index (κ3) is 2.41. The van der Waals surface area contributed by atoms with E-state index in [0.717, 1.165) is 17.1 Å². The first-order valence-electron chi connectivity index (χ1n) is 5.13. The van der Waals surface area contributed by atoms with Gasteiger partial charge in [-0.15, -0.1) is 0 Å². The Hall–Kier alpha value is -1.81. The normalized spacial score (nSPS) is 10.4. The molecule has 4 heteroatoms. The van der Waals surface area contributed by atoms with Crippen LogP contribution in [0, 0.1) is 6.92 Å². The van der Waals surface area contributed by atoms with Crippen molar-refractivity contribution in [2.45, 2.75) is 20.1 Å². The fraction of sp³-hybridized carbons (Fsp3) is 0.250. The maximum Gasteiger partial charge on any atom is 0.129 e. The van der Waals surface area contributed by atoms with Crippen LogP contribution in [0.25, 0.3) is 0 Å². The lowest BCUT2D eigenvalue weighted by molar-refractivity contribution is 0.244. The summed E-state index contributed by atoms with van der Waals surface area (Å²) in [5.41, 5.74) is 1.09. The van der Waals surface area contributed by atoms with Crippen molar-refractivity contribution in [1.82, 2.24) is 4.98 Å². The Morgan fingerprint density at radius 3 is 2.81 bits per heavy atom. The van der Waals surface area contributed by atoms with Gasteiger partial charge in [-0.1, -0.05) is 6.07 Å². The average molecular weight is 218 g/mol. The third-order valence-corrected chi connectivity index (χ3v) is 2.31. The largest absolute Gasteiger partial charge is 0.462 e. The summed E-state index contributed by atoms with van der Waals surface area (Å²) in [5.74, 6) is 2.22. The second-order valence-corrected chi connectivity index (χ2v) is 3.55. The highest BCUT2D eigenvalue weighted by atomic mass is 16.4. The van der Waals surface area contributed by atoms with Crippen molar-refractivity contribution in [3.8, 4) is 0 Å². The first-order chi connectivity index (χ1) is 7.79.